The molecule has 0 unspecified atom stereocenters. The van der Waals surface area contributed by atoms with Crippen LogP contribution in [0.2, 0.25) is 0 Å². The summed E-state index contributed by atoms with van der Waals surface area (Å²) in [6.45, 7) is 6.10. The number of nitrogens with zero attached hydrogens (tertiary/aromatic N) is 1. The molecule has 0 N–H and O–H groups in total. The molecule has 2 heteroatoms. The third kappa shape index (κ3) is 2.48. The summed E-state index contributed by atoms with van der Waals surface area (Å²) in [5.74, 6) is -0.218. The predicted molar refractivity (Wildman–Crippen MR) is 73.7 cm³/mol. The Kier molecular flexibility index (Phi) is 3.56. The zero-order valence-electron chi connectivity index (χ0n) is 10.9. The number of halogens is 1. The van der Waals surface area contributed by atoms with E-state index >= 15 is 0 Å². The molecule has 0 fully saturated rings. The van der Waals surface area contributed by atoms with Gasteiger partial charge in [0.2, 0.25) is 0 Å². The molecule has 0 aliphatic rings. The van der Waals surface area contributed by atoms with E-state index in [0.717, 1.165) is 28.0 Å². The summed E-state index contributed by atoms with van der Waals surface area (Å²) in [7, 11) is 0. The lowest BCUT2D eigenvalue weighted by Gasteiger charge is -2.08. The molecular formula is C16H16FN. The fourth-order valence-corrected chi connectivity index (χ4v) is 1.92. The van der Waals surface area contributed by atoms with E-state index in [4.69, 9.17) is 0 Å². The van der Waals surface area contributed by atoms with Crippen molar-refractivity contribution in [3.8, 4) is 11.1 Å². The lowest BCUT2D eigenvalue weighted by atomic mass is 10.0. The minimum atomic E-state index is -0.218. The van der Waals surface area contributed by atoms with E-state index in [1.54, 1.807) is 12.1 Å². The highest BCUT2D eigenvalue weighted by molar-refractivity contribution is 5.68. The predicted octanol–water partition coefficient (Wildman–Crippen LogP) is 4.62. The van der Waals surface area contributed by atoms with Gasteiger partial charge in [-0.25, -0.2) is 4.39 Å². The van der Waals surface area contributed by atoms with Gasteiger partial charge in [-0.1, -0.05) is 18.2 Å². The molecule has 0 amide bonds. The Morgan fingerprint density at radius 3 is 2.39 bits per heavy atom. The van der Waals surface area contributed by atoms with Gasteiger partial charge < -0.3 is 0 Å². The lowest BCUT2D eigenvalue weighted by Crippen LogP contribution is -1.92. The Morgan fingerprint density at radius 1 is 1.17 bits per heavy atom. The molecule has 2 rings (SSSR count). The zero-order valence-corrected chi connectivity index (χ0v) is 10.9. The van der Waals surface area contributed by atoms with Gasteiger partial charge in [0, 0.05) is 11.8 Å². The molecule has 92 valence electrons. The van der Waals surface area contributed by atoms with E-state index in [-0.39, 0.29) is 5.82 Å². The van der Waals surface area contributed by atoms with Crippen LogP contribution in [0, 0.1) is 12.7 Å². The largest absolute Gasteiger partial charge is 0.256 e. The fraction of sp³-hybridized carbons (Fsp3) is 0.188. The van der Waals surface area contributed by atoms with E-state index in [0.29, 0.717) is 0 Å². The van der Waals surface area contributed by atoms with Crippen molar-refractivity contribution >= 4 is 5.57 Å². The molecular weight excluding hydrogens is 225 g/mol. The van der Waals surface area contributed by atoms with Gasteiger partial charge in [0.1, 0.15) is 5.82 Å². The second-order valence-electron chi connectivity index (χ2n) is 4.37. The molecule has 1 heterocycles. The Morgan fingerprint density at radius 2 is 1.83 bits per heavy atom. The molecule has 0 bridgehead atoms. The van der Waals surface area contributed by atoms with Gasteiger partial charge >= 0.3 is 0 Å². The number of hydrogen-bond acceptors (Lipinski definition) is 1. The average molecular weight is 241 g/mol. The van der Waals surface area contributed by atoms with Crippen LogP contribution in [0.5, 0.6) is 0 Å². The van der Waals surface area contributed by atoms with Gasteiger partial charge in [0.25, 0.3) is 0 Å². The number of aryl methyl sites for hydroxylation is 1. The van der Waals surface area contributed by atoms with Crippen LogP contribution < -0.4 is 0 Å². The van der Waals surface area contributed by atoms with Crippen LogP contribution in [0.3, 0.4) is 0 Å². The third-order valence-corrected chi connectivity index (χ3v) is 3.06. The highest BCUT2D eigenvalue weighted by Gasteiger charge is 2.05. The molecule has 0 saturated heterocycles. The monoisotopic (exact) mass is 241 g/mol. The molecule has 0 radical (unpaired) electrons. The van der Waals surface area contributed by atoms with Gasteiger partial charge in [0.15, 0.2) is 0 Å². The van der Waals surface area contributed by atoms with Crippen molar-refractivity contribution in [3.63, 3.8) is 0 Å². The number of aromatic nitrogens is 1. The number of hydrogen-bond donors (Lipinski definition) is 0. The summed E-state index contributed by atoms with van der Waals surface area (Å²) in [5.41, 5.74) is 5.31. The summed E-state index contributed by atoms with van der Waals surface area (Å²) >= 11 is 0. The quantitative estimate of drug-likeness (QED) is 0.747. The summed E-state index contributed by atoms with van der Waals surface area (Å²) in [4.78, 5) is 4.49. The van der Waals surface area contributed by atoms with Gasteiger partial charge in [0.05, 0.1) is 5.69 Å². The van der Waals surface area contributed by atoms with E-state index in [2.05, 4.69) is 11.1 Å². The average Bonchev–Trinajstić information content (AvgIpc) is 2.38. The number of allylic oxidation sites excluding steroid dienone is 2. The molecule has 1 aromatic carbocycles. The Bertz CT molecular complexity index is 583. The number of rotatable bonds is 2. The molecule has 0 spiro atoms. The van der Waals surface area contributed by atoms with Crippen molar-refractivity contribution in [1.29, 1.82) is 0 Å². The Labute approximate surface area is 107 Å². The van der Waals surface area contributed by atoms with Gasteiger partial charge in [-0.3, -0.25) is 4.98 Å². The first-order valence-corrected chi connectivity index (χ1v) is 5.97. The fourth-order valence-electron chi connectivity index (χ4n) is 1.92. The van der Waals surface area contributed by atoms with Crippen LogP contribution >= 0.6 is 0 Å². The third-order valence-electron chi connectivity index (χ3n) is 3.06. The topological polar surface area (TPSA) is 12.9 Å². The summed E-state index contributed by atoms with van der Waals surface area (Å²) in [5, 5.41) is 0. The smallest absolute Gasteiger partial charge is 0.123 e. The molecule has 18 heavy (non-hydrogen) atoms. The highest BCUT2D eigenvalue weighted by Crippen LogP contribution is 2.23. The molecule has 1 nitrogen and oxygen atoms in total. The van der Waals surface area contributed by atoms with Gasteiger partial charge in [-0.2, -0.15) is 0 Å². The highest BCUT2D eigenvalue weighted by atomic mass is 19.1. The minimum absolute atomic E-state index is 0.218. The first kappa shape index (κ1) is 12.5. The summed E-state index contributed by atoms with van der Waals surface area (Å²) in [6, 6.07) is 8.57. The lowest BCUT2D eigenvalue weighted by molar-refractivity contribution is 0.628. The van der Waals surface area contributed by atoms with E-state index in [9.17, 15) is 4.39 Å². The molecule has 0 atom stereocenters. The second-order valence-corrected chi connectivity index (χ2v) is 4.37. The van der Waals surface area contributed by atoms with Gasteiger partial charge in [-0.15, -0.1) is 0 Å². The standard InChI is InChI=1S/C16H16FN/c1-4-11(2)16-12(3)9-14(10-18-16)13-5-7-15(17)8-6-13/h4-10H,1-3H3/b11-4-. The molecule has 0 aliphatic carbocycles. The van der Waals surface area contributed by atoms with Crippen LogP contribution in [0.1, 0.15) is 25.1 Å². The van der Waals surface area contributed by atoms with Crippen LogP contribution in [-0.4, -0.2) is 4.98 Å². The Balaban J connectivity index is 2.43. The maximum Gasteiger partial charge on any atom is 0.123 e. The molecule has 0 aliphatic heterocycles. The first-order valence-electron chi connectivity index (χ1n) is 5.97. The maximum absolute atomic E-state index is 12.9. The molecule has 1 aromatic heterocycles. The van der Waals surface area contributed by atoms with Crippen LogP contribution in [-0.2, 0) is 0 Å². The van der Waals surface area contributed by atoms with Crippen LogP contribution in [0.4, 0.5) is 4.39 Å². The Hall–Kier alpha value is -1.96. The van der Waals surface area contributed by atoms with Crippen molar-refractivity contribution in [2.24, 2.45) is 0 Å². The summed E-state index contributed by atoms with van der Waals surface area (Å²) < 4.78 is 12.9. The molecule has 2 aromatic rings. The van der Waals surface area contributed by atoms with E-state index in [1.165, 1.54) is 12.1 Å². The second kappa shape index (κ2) is 5.13. The van der Waals surface area contributed by atoms with Crippen molar-refractivity contribution in [1.82, 2.24) is 4.98 Å². The van der Waals surface area contributed by atoms with Crippen molar-refractivity contribution in [2.75, 3.05) is 0 Å². The summed E-state index contributed by atoms with van der Waals surface area (Å²) in [6.07, 6.45) is 3.88. The van der Waals surface area contributed by atoms with E-state index < -0.39 is 0 Å². The van der Waals surface area contributed by atoms with Gasteiger partial charge in [-0.05, 0) is 55.7 Å². The van der Waals surface area contributed by atoms with E-state index in [1.807, 2.05) is 33.0 Å². The van der Waals surface area contributed by atoms with Crippen molar-refractivity contribution in [2.45, 2.75) is 20.8 Å². The normalized spacial score (nSPS) is 11.7. The first-order chi connectivity index (χ1) is 8.61. The van der Waals surface area contributed by atoms with Crippen molar-refractivity contribution in [3.05, 3.63) is 59.7 Å². The molecule has 0 saturated carbocycles. The minimum Gasteiger partial charge on any atom is -0.256 e. The zero-order chi connectivity index (χ0) is 13.1. The SMILES string of the molecule is C/C=C(/C)c1ncc(-c2ccc(F)cc2)cc1C. The van der Waals surface area contributed by atoms with Crippen LogP contribution in [0.25, 0.3) is 16.7 Å². The number of pyridine rings is 1. The van der Waals surface area contributed by atoms with Crippen LogP contribution in [0.15, 0.2) is 42.6 Å². The maximum atomic E-state index is 12.9. The number of benzene rings is 1. The van der Waals surface area contributed by atoms with Crippen molar-refractivity contribution < 1.29 is 4.39 Å².